The number of hydrogen-bond acceptors (Lipinski definition) is 3. The third-order valence-electron chi connectivity index (χ3n) is 2.46. The summed E-state index contributed by atoms with van der Waals surface area (Å²) < 4.78 is 10.5. The van der Waals surface area contributed by atoms with Crippen LogP contribution in [0.3, 0.4) is 0 Å². The Labute approximate surface area is 91.3 Å². The van der Waals surface area contributed by atoms with E-state index in [9.17, 15) is 4.79 Å². The first-order valence-corrected chi connectivity index (χ1v) is 5.44. The average Bonchev–Trinajstić information content (AvgIpc) is 2.48. The Morgan fingerprint density at radius 3 is 2.53 bits per heavy atom. The van der Waals surface area contributed by atoms with Crippen molar-refractivity contribution in [3.05, 3.63) is 0 Å². The number of alkyl carbamates (subject to hydrolysis) is 1. The SMILES string of the molecule is CO[C@H]1CCC[C@@H]1NC(=O)OC(C)(C)C. The van der Waals surface area contributed by atoms with Crippen molar-refractivity contribution in [1.82, 2.24) is 5.32 Å². The van der Waals surface area contributed by atoms with Crippen LogP contribution in [0.4, 0.5) is 4.79 Å². The molecule has 1 fully saturated rings. The maximum atomic E-state index is 11.5. The maximum absolute atomic E-state index is 11.5. The van der Waals surface area contributed by atoms with E-state index in [0.717, 1.165) is 19.3 Å². The molecule has 1 rings (SSSR count). The molecule has 0 radical (unpaired) electrons. The third-order valence-corrected chi connectivity index (χ3v) is 2.46. The molecule has 0 aromatic rings. The van der Waals surface area contributed by atoms with E-state index in [1.165, 1.54) is 0 Å². The molecular formula is C11H21NO3. The van der Waals surface area contributed by atoms with Gasteiger partial charge in [-0.05, 0) is 40.0 Å². The highest BCUT2D eigenvalue weighted by Gasteiger charge is 2.29. The van der Waals surface area contributed by atoms with E-state index in [1.807, 2.05) is 20.8 Å². The summed E-state index contributed by atoms with van der Waals surface area (Å²) in [5, 5.41) is 2.85. The van der Waals surface area contributed by atoms with Crippen molar-refractivity contribution >= 4 is 6.09 Å². The Bertz CT molecular complexity index is 222. The third kappa shape index (κ3) is 4.08. The van der Waals surface area contributed by atoms with Crippen LogP contribution < -0.4 is 5.32 Å². The summed E-state index contributed by atoms with van der Waals surface area (Å²) in [6.07, 6.45) is 2.86. The summed E-state index contributed by atoms with van der Waals surface area (Å²) in [7, 11) is 1.68. The lowest BCUT2D eigenvalue weighted by molar-refractivity contribution is 0.0392. The second-order valence-electron chi connectivity index (χ2n) is 4.96. The van der Waals surface area contributed by atoms with Crippen LogP contribution in [0, 0.1) is 0 Å². The van der Waals surface area contributed by atoms with Gasteiger partial charge in [-0.2, -0.15) is 0 Å². The molecule has 1 amide bonds. The molecule has 0 aromatic heterocycles. The molecule has 0 heterocycles. The average molecular weight is 215 g/mol. The van der Waals surface area contributed by atoms with E-state index in [4.69, 9.17) is 9.47 Å². The minimum absolute atomic E-state index is 0.102. The predicted molar refractivity (Wildman–Crippen MR) is 57.8 cm³/mol. The van der Waals surface area contributed by atoms with Crippen LogP contribution in [0.15, 0.2) is 0 Å². The smallest absolute Gasteiger partial charge is 0.407 e. The van der Waals surface area contributed by atoms with Gasteiger partial charge >= 0.3 is 6.09 Å². The number of amides is 1. The lowest BCUT2D eigenvalue weighted by atomic mass is 10.2. The number of nitrogens with one attached hydrogen (secondary N) is 1. The Hall–Kier alpha value is -0.770. The highest BCUT2D eigenvalue weighted by atomic mass is 16.6. The minimum atomic E-state index is -0.439. The number of ether oxygens (including phenoxy) is 2. The molecule has 1 saturated carbocycles. The standard InChI is InChI=1S/C11H21NO3/c1-11(2,3)15-10(13)12-8-6-5-7-9(8)14-4/h8-9H,5-7H2,1-4H3,(H,12,13)/t8-,9-/m0/s1. The molecule has 1 aliphatic rings. The van der Waals surface area contributed by atoms with Crippen LogP contribution in [0.5, 0.6) is 0 Å². The fraction of sp³-hybridized carbons (Fsp3) is 0.909. The van der Waals surface area contributed by atoms with Gasteiger partial charge in [-0.1, -0.05) is 0 Å². The van der Waals surface area contributed by atoms with Crippen molar-refractivity contribution < 1.29 is 14.3 Å². The van der Waals surface area contributed by atoms with Gasteiger partial charge in [0.1, 0.15) is 5.60 Å². The molecule has 2 atom stereocenters. The molecule has 15 heavy (non-hydrogen) atoms. The van der Waals surface area contributed by atoms with Gasteiger partial charge in [0.2, 0.25) is 0 Å². The lowest BCUT2D eigenvalue weighted by Crippen LogP contribution is -2.43. The van der Waals surface area contributed by atoms with Crippen LogP contribution in [-0.4, -0.2) is 30.9 Å². The van der Waals surface area contributed by atoms with E-state index < -0.39 is 5.60 Å². The summed E-state index contributed by atoms with van der Waals surface area (Å²) in [6, 6.07) is 0.102. The van der Waals surface area contributed by atoms with E-state index in [0.29, 0.717) is 0 Å². The van der Waals surface area contributed by atoms with Crippen molar-refractivity contribution in [2.45, 2.75) is 57.8 Å². The van der Waals surface area contributed by atoms with Gasteiger partial charge in [0.05, 0.1) is 12.1 Å². The van der Waals surface area contributed by atoms with Crippen molar-refractivity contribution in [3.63, 3.8) is 0 Å². The fourth-order valence-corrected chi connectivity index (χ4v) is 1.83. The zero-order valence-electron chi connectivity index (χ0n) is 10.0. The summed E-state index contributed by atoms with van der Waals surface area (Å²) in [4.78, 5) is 11.5. The number of carbonyl (C=O) groups is 1. The van der Waals surface area contributed by atoms with Crippen LogP contribution in [0.25, 0.3) is 0 Å². The van der Waals surface area contributed by atoms with Crippen LogP contribution >= 0.6 is 0 Å². The summed E-state index contributed by atoms with van der Waals surface area (Å²) in [6.45, 7) is 5.57. The first kappa shape index (κ1) is 12.3. The fourth-order valence-electron chi connectivity index (χ4n) is 1.83. The molecule has 0 saturated heterocycles. The van der Waals surface area contributed by atoms with Gasteiger partial charge in [-0.25, -0.2) is 4.79 Å². The van der Waals surface area contributed by atoms with Crippen molar-refractivity contribution in [2.24, 2.45) is 0 Å². The second-order valence-corrected chi connectivity index (χ2v) is 4.96. The molecule has 0 unspecified atom stereocenters. The molecule has 4 nitrogen and oxygen atoms in total. The van der Waals surface area contributed by atoms with Crippen LogP contribution in [0.2, 0.25) is 0 Å². The molecule has 0 aliphatic heterocycles. The molecular weight excluding hydrogens is 194 g/mol. The maximum Gasteiger partial charge on any atom is 0.407 e. The molecule has 88 valence electrons. The molecule has 4 heteroatoms. The first-order chi connectivity index (χ1) is 6.92. The van der Waals surface area contributed by atoms with Gasteiger partial charge in [0.25, 0.3) is 0 Å². The minimum Gasteiger partial charge on any atom is -0.444 e. The quantitative estimate of drug-likeness (QED) is 0.767. The molecule has 1 N–H and O–H groups in total. The van der Waals surface area contributed by atoms with Gasteiger partial charge in [0, 0.05) is 7.11 Å². The second kappa shape index (κ2) is 4.84. The Balaban J connectivity index is 2.37. The van der Waals surface area contributed by atoms with Crippen LogP contribution in [0.1, 0.15) is 40.0 Å². The number of rotatable bonds is 2. The summed E-state index contributed by atoms with van der Waals surface area (Å²) >= 11 is 0. The molecule has 0 aromatic carbocycles. The monoisotopic (exact) mass is 215 g/mol. The first-order valence-electron chi connectivity index (χ1n) is 5.44. The van der Waals surface area contributed by atoms with E-state index in [1.54, 1.807) is 7.11 Å². The highest BCUT2D eigenvalue weighted by molar-refractivity contribution is 5.68. The highest BCUT2D eigenvalue weighted by Crippen LogP contribution is 2.21. The Kier molecular flexibility index (Phi) is 3.97. The van der Waals surface area contributed by atoms with Crippen molar-refractivity contribution in [3.8, 4) is 0 Å². The lowest BCUT2D eigenvalue weighted by Gasteiger charge is -2.24. The van der Waals surface area contributed by atoms with E-state index in [-0.39, 0.29) is 18.2 Å². The number of methoxy groups -OCH3 is 1. The normalized spacial score (nSPS) is 26.4. The molecule has 0 spiro atoms. The zero-order chi connectivity index (χ0) is 11.5. The Morgan fingerprint density at radius 2 is 2.00 bits per heavy atom. The summed E-state index contributed by atoms with van der Waals surface area (Å²) in [5.74, 6) is 0. The van der Waals surface area contributed by atoms with Crippen molar-refractivity contribution in [1.29, 1.82) is 0 Å². The zero-order valence-corrected chi connectivity index (χ0v) is 10.0. The van der Waals surface area contributed by atoms with Crippen molar-refractivity contribution in [2.75, 3.05) is 7.11 Å². The van der Waals surface area contributed by atoms with E-state index >= 15 is 0 Å². The van der Waals surface area contributed by atoms with E-state index in [2.05, 4.69) is 5.32 Å². The topological polar surface area (TPSA) is 47.6 Å². The molecule has 0 bridgehead atoms. The molecule has 1 aliphatic carbocycles. The number of hydrogen-bond donors (Lipinski definition) is 1. The largest absolute Gasteiger partial charge is 0.444 e. The predicted octanol–water partition coefficient (Wildman–Crippen LogP) is 2.08. The Morgan fingerprint density at radius 1 is 1.33 bits per heavy atom. The van der Waals surface area contributed by atoms with Gasteiger partial charge in [-0.3, -0.25) is 0 Å². The van der Waals surface area contributed by atoms with Gasteiger partial charge < -0.3 is 14.8 Å². The number of carbonyl (C=O) groups excluding carboxylic acids is 1. The van der Waals surface area contributed by atoms with Gasteiger partial charge in [-0.15, -0.1) is 0 Å². The van der Waals surface area contributed by atoms with Gasteiger partial charge in [0.15, 0.2) is 0 Å². The van der Waals surface area contributed by atoms with Crippen LogP contribution in [-0.2, 0) is 9.47 Å². The summed E-state index contributed by atoms with van der Waals surface area (Å²) in [5.41, 5.74) is -0.439.